The monoisotopic (exact) mass is 492 g/mol. The Hall–Kier alpha value is -1.58. The summed E-state index contributed by atoms with van der Waals surface area (Å²) in [5.74, 6) is -0.421. The molecule has 9 heteroatoms. The molecule has 3 N–H and O–H groups in total. The normalized spacial score (nSPS) is 25.8. The summed E-state index contributed by atoms with van der Waals surface area (Å²) < 4.78 is 11.9. The van der Waals surface area contributed by atoms with Gasteiger partial charge >= 0.3 is 7.48 Å². The highest BCUT2D eigenvalue weighted by atomic mass is 32.1. The Morgan fingerprint density at radius 2 is 1.91 bits per heavy atom. The number of ether oxygens (including phenoxy) is 1. The summed E-state index contributed by atoms with van der Waals surface area (Å²) in [6.07, 6.45) is 6.76. The second-order valence-corrected chi connectivity index (χ2v) is 11.5. The summed E-state index contributed by atoms with van der Waals surface area (Å²) in [5, 5.41) is 3.02. The maximum Gasteiger partial charge on any atom is 0.325 e. The lowest BCUT2D eigenvalue weighted by molar-refractivity contribution is -0.123. The van der Waals surface area contributed by atoms with E-state index in [1.54, 1.807) is 20.5 Å². The van der Waals surface area contributed by atoms with Gasteiger partial charge in [-0.25, -0.2) is 4.99 Å². The summed E-state index contributed by atoms with van der Waals surface area (Å²) >= 11 is 4.63. The van der Waals surface area contributed by atoms with E-state index in [2.05, 4.69) is 35.9 Å². The fourth-order valence-corrected chi connectivity index (χ4v) is 3.34. The van der Waals surface area contributed by atoms with Crippen LogP contribution in [0.15, 0.2) is 28.7 Å². The van der Waals surface area contributed by atoms with Crippen LogP contribution in [-0.4, -0.2) is 53.7 Å². The van der Waals surface area contributed by atoms with E-state index < -0.39 is 5.60 Å². The number of aliphatic imine (C=N–C) groups is 1. The lowest BCUT2D eigenvalue weighted by Crippen LogP contribution is -2.50. The topological polar surface area (TPSA) is 103 Å². The largest absolute Gasteiger partial charge is 0.429 e. The molecule has 1 rings (SSSR count). The highest BCUT2D eigenvalue weighted by Crippen LogP contribution is 2.31. The van der Waals surface area contributed by atoms with Gasteiger partial charge in [0.1, 0.15) is 5.84 Å². The van der Waals surface area contributed by atoms with Gasteiger partial charge in [0, 0.05) is 17.6 Å². The molecule has 34 heavy (non-hydrogen) atoms. The van der Waals surface area contributed by atoms with Crippen molar-refractivity contribution in [3.05, 3.63) is 23.7 Å². The molecule has 0 spiro atoms. The molecule has 0 aromatic carbocycles. The molecule has 7 nitrogen and oxygen atoms in total. The zero-order valence-corrected chi connectivity index (χ0v) is 23.1. The number of nitrogens with one attached hydrogen (secondary N) is 1. The molecule has 1 saturated heterocycles. The second kappa shape index (κ2) is 12.9. The van der Waals surface area contributed by atoms with Crippen molar-refractivity contribution in [3.63, 3.8) is 0 Å². The van der Waals surface area contributed by atoms with Crippen LogP contribution in [0.5, 0.6) is 0 Å². The molecule has 5 atom stereocenters. The van der Waals surface area contributed by atoms with Gasteiger partial charge in [-0.2, -0.15) is 12.6 Å². The number of allylic oxidation sites excluding steroid dienone is 1. The van der Waals surface area contributed by atoms with E-state index in [1.165, 1.54) is 13.0 Å². The highest BCUT2D eigenvalue weighted by molar-refractivity contribution is 7.81. The van der Waals surface area contributed by atoms with Crippen LogP contribution in [0.4, 0.5) is 0 Å². The van der Waals surface area contributed by atoms with E-state index in [0.717, 1.165) is 18.3 Å². The highest BCUT2D eigenvalue weighted by Gasteiger charge is 2.35. The Balaban J connectivity index is 2.59. The van der Waals surface area contributed by atoms with Crippen molar-refractivity contribution in [3.8, 4) is 0 Å². The fraction of sp³-hybridized carbons (Fsp3) is 0.720. The van der Waals surface area contributed by atoms with Gasteiger partial charge < -0.3 is 20.4 Å². The molecule has 0 aromatic rings. The number of thiol groups is 1. The molecule has 0 aliphatic carbocycles. The minimum absolute atomic E-state index is 0.0685. The third kappa shape index (κ3) is 9.96. The van der Waals surface area contributed by atoms with Crippen LogP contribution in [0.1, 0.15) is 75.2 Å². The van der Waals surface area contributed by atoms with E-state index in [9.17, 15) is 9.59 Å². The number of amides is 2. The maximum absolute atomic E-state index is 12.4. The summed E-state index contributed by atoms with van der Waals surface area (Å²) in [5.41, 5.74) is 6.39. The van der Waals surface area contributed by atoms with Crippen LogP contribution < -0.4 is 11.1 Å². The number of rotatable bonds is 10. The Morgan fingerprint density at radius 3 is 2.47 bits per heavy atom. The Morgan fingerprint density at radius 1 is 1.29 bits per heavy atom. The number of hydrogen-bond acceptors (Lipinski definition) is 5. The summed E-state index contributed by atoms with van der Waals surface area (Å²) in [7, 11) is 1.79. The van der Waals surface area contributed by atoms with Gasteiger partial charge in [0.15, 0.2) is 0 Å². The molecule has 0 saturated carbocycles. The van der Waals surface area contributed by atoms with Crippen molar-refractivity contribution in [2.75, 3.05) is 0 Å². The van der Waals surface area contributed by atoms with E-state index >= 15 is 0 Å². The molecule has 2 amide bonds. The van der Waals surface area contributed by atoms with Crippen LogP contribution in [0.3, 0.4) is 0 Å². The molecule has 0 bridgehead atoms. The zero-order chi connectivity index (χ0) is 26.3. The number of hydrogen-bond donors (Lipinski definition) is 3. The van der Waals surface area contributed by atoms with Crippen LogP contribution in [0, 0.1) is 11.8 Å². The molecular weight excluding hydrogens is 449 g/mol. The van der Waals surface area contributed by atoms with E-state index in [1.807, 2.05) is 41.5 Å². The molecule has 1 radical (unpaired) electrons. The predicted octanol–water partition coefficient (Wildman–Crippen LogP) is 3.80. The first-order valence-corrected chi connectivity index (χ1v) is 12.4. The average Bonchev–Trinajstić information content (AvgIpc) is 2.70. The number of nitrogens with two attached hydrogens (primary N) is 1. The van der Waals surface area contributed by atoms with Crippen molar-refractivity contribution in [1.82, 2.24) is 5.32 Å². The van der Waals surface area contributed by atoms with E-state index in [4.69, 9.17) is 15.1 Å². The lowest BCUT2D eigenvalue weighted by atomic mass is 9.82. The minimum Gasteiger partial charge on any atom is -0.429 e. The Labute approximate surface area is 212 Å². The van der Waals surface area contributed by atoms with Crippen molar-refractivity contribution in [2.45, 2.75) is 104 Å². The van der Waals surface area contributed by atoms with Gasteiger partial charge in [0.2, 0.25) is 11.8 Å². The Kier molecular flexibility index (Phi) is 11.6. The van der Waals surface area contributed by atoms with Crippen LogP contribution in [0.25, 0.3) is 0 Å². The third-order valence-electron chi connectivity index (χ3n) is 6.52. The number of carbonyl (C=O) groups is 2. The molecule has 1 fully saturated rings. The van der Waals surface area contributed by atoms with Crippen LogP contribution in [0.2, 0.25) is 0 Å². The van der Waals surface area contributed by atoms with Gasteiger partial charge in [0.05, 0.1) is 23.9 Å². The smallest absolute Gasteiger partial charge is 0.325 e. The van der Waals surface area contributed by atoms with Gasteiger partial charge in [-0.1, -0.05) is 38.4 Å². The standard InChI is InChI=1S/C25H43BN3O4S/c1-15(23(27)28-19(5)30)10-13-22(31)29-20-14-16(2)21(32-18(20)4)12-11-17(3)26-33-24(6,7)25(8,9)34/h10-11,13,15-16,18,20-21,34H,12,14H2,1-9H3,(H,29,31)(H2,27,28,30)/b13-10-,17-11+. The van der Waals surface area contributed by atoms with E-state index in [-0.39, 0.29) is 52.5 Å². The van der Waals surface area contributed by atoms with Gasteiger partial charge in [0.25, 0.3) is 0 Å². The summed E-state index contributed by atoms with van der Waals surface area (Å²) in [6, 6.07) is -0.0830. The van der Waals surface area contributed by atoms with Gasteiger partial charge in [-0.15, -0.1) is 0 Å². The minimum atomic E-state index is -0.405. The van der Waals surface area contributed by atoms with Crippen molar-refractivity contribution in [1.29, 1.82) is 0 Å². The predicted molar refractivity (Wildman–Crippen MR) is 143 cm³/mol. The average molecular weight is 493 g/mol. The van der Waals surface area contributed by atoms with Crippen molar-refractivity contribution in [2.24, 2.45) is 22.6 Å². The fourth-order valence-electron chi connectivity index (χ4n) is 3.29. The first-order chi connectivity index (χ1) is 15.5. The third-order valence-corrected chi connectivity index (χ3v) is 7.06. The molecule has 0 aromatic heterocycles. The number of carbonyl (C=O) groups excluding carboxylic acids is 2. The summed E-state index contributed by atoms with van der Waals surface area (Å²) in [6.45, 7) is 17.4. The van der Waals surface area contributed by atoms with E-state index in [0.29, 0.717) is 0 Å². The molecule has 1 heterocycles. The Bertz CT molecular complexity index is 804. The van der Waals surface area contributed by atoms with Crippen LogP contribution >= 0.6 is 12.6 Å². The van der Waals surface area contributed by atoms with Crippen molar-refractivity contribution < 1.29 is 19.0 Å². The number of amidine groups is 1. The number of nitrogens with zero attached hydrogens (tertiary/aromatic N) is 1. The van der Waals surface area contributed by atoms with Gasteiger partial charge in [-0.05, 0) is 59.5 Å². The molecular formula is C25H43BN3O4S. The molecule has 5 unspecified atom stereocenters. The quantitative estimate of drug-likeness (QED) is 0.142. The zero-order valence-electron chi connectivity index (χ0n) is 22.2. The SMILES string of the molecule is CC(=O)N=C(N)C(C)/C=C\C(=O)NC1CC(C)C(C/C=C(\C)[B]OC(C)(C)C(C)(C)S)OC1C. The first kappa shape index (κ1) is 30.5. The second-order valence-electron chi connectivity index (χ2n) is 10.4. The first-order valence-electron chi connectivity index (χ1n) is 11.9. The molecule has 1 aliphatic heterocycles. The lowest BCUT2D eigenvalue weighted by Gasteiger charge is -2.39. The molecule has 1 aliphatic rings. The molecule has 191 valence electrons. The summed E-state index contributed by atoms with van der Waals surface area (Å²) in [4.78, 5) is 27.1. The van der Waals surface area contributed by atoms with Gasteiger partial charge in [-0.3, -0.25) is 9.59 Å². The van der Waals surface area contributed by atoms with Crippen LogP contribution in [-0.2, 0) is 19.0 Å². The maximum atomic E-state index is 12.4. The van der Waals surface area contributed by atoms with Crippen molar-refractivity contribution >= 4 is 37.8 Å².